The molecule has 0 aliphatic carbocycles. The van der Waals surface area contributed by atoms with Gasteiger partial charge in [0.2, 0.25) is 5.91 Å². The van der Waals surface area contributed by atoms with Gasteiger partial charge in [-0.2, -0.15) is 0 Å². The SMILES string of the molecule is CC(CS(=O)(=O)c1cc(F)c(Cl)c(C(=O)O)c1)C(N)=O. The molecule has 20 heavy (non-hydrogen) atoms. The number of carbonyl (C=O) groups excluding carboxylic acids is 1. The minimum Gasteiger partial charge on any atom is -0.478 e. The van der Waals surface area contributed by atoms with Crippen LogP contribution in [0.15, 0.2) is 17.0 Å². The summed E-state index contributed by atoms with van der Waals surface area (Å²) in [5.74, 6) is -5.21. The molecule has 110 valence electrons. The lowest BCUT2D eigenvalue weighted by Gasteiger charge is -2.10. The van der Waals surface area contributed by atoms with Crippen LogP contribution < -0.4 is 5.73 Å². The number of aromatic carboxylic acids is 1. The molecule has 0 aliphatic heterocycles. The number of primary amides is 1. The first-order valence-corrected chi connectivity index (χ1v) is 7.33. The maximum atomic E-state index is 13.5. The molecule has 1 aromatic rings. The Morgan fingerprint density at radius 3 is 2.45 bits per heavy atom. The molecule has 0 radical (unpaired) electrons. The first-order chi connectivity index (χ1) is 9.06. The van der Waals surface area contributed by atoms with Gasteiger partial charge in [0, 0.05) is 5.92 Å². The van der Waals surface area contributed by atoms with Crippen LogP contribution in [0.1, 0.15) is 17.3 Å². The largest absolute Gasteiger partial charge is 0.478 e. The van der Waals surface area contributed by atoms with Crippen LogP contribution in [0.5, 0.6) is 0 Å². The van der Waals surface area contributed by atoms with Crippen molar-refractivity contribution in [2.75, 3.05) is 5.75 Å². The third kappa shape index (κ3) is 3.45. The van der Waals surface area contributed by atoms with Gasteiger partial charge in [-0.15, -0.1) is 0 Å². The molecule has 1 atom stereocenters. The molecule has 0 aliphatic rings. The zero-order valence-corrected chi connectivity index (χ0v) is 11.8. The number of carboxylic acid groups (broad SMARTS) is 1. The summed E-state index contributed by atoms with van der Waals surface area (Å²) in [6.07, 6.45) is 0. The topological polar surface area (TPSA) is 115 Å². The second kappa shape index (κ2) is 5.76. The smallest absolute Gasteiger partial charge is 0.337 e. The van der Waals surface area contributed by atoms with Crippen LogP contribution in [0.25, 0.3) is 0 Å². The van der Waals surface area contributed by atoms with Crippen LogP contribution in [-0.2, 0) is 14.6 Å². The molecule has 1 amide bonds. The fraction of sp³-hybridized carbons (Fsp3) is 0.273. The molecule has 1 rings (SSSR count). The van der Waals surface area contributed by atoms with Gasteiger partial charge >= 0.3 is 5.97 Å². The van der Waals surface area contributed by atoms with E-state index in [4.69, 9.17) is 22.4 Å². The summed E-state index contributed by atoms with van der Waals surface area (Å²) in [5, 5.41) is 8.15. The van der Waals surface area contributed by atoms with E-state index in [2.05, 4.69) is 0 Å². The lowest BCUT2D eigenvalue weighted by atomic mass is 10.2. The van der Waals surface area contributed by atoms with E-state index in [1.165, 1.54) is 6.92 Å². The summed E-state index contributed by atoms with van der Waals surface area (Å²) in [7, 11) is -4.06. The molecule has 0 aromatic heterocycles. The Balaban J connectivity index is 3.33. The van der Waals surface area contributed by atoms with Crippen LogP contribution in [0.4, 0.5) is 4.39 Å². The van der Waals surface area contributed by atoms with Crippen LogP contribution in [-0.4, -0.2) is 31.2 Å². The molecule has 1 aromatic carbocycles. The lowest BCUT2D eigenvalue weighted by Crippen LogP contribution is -2.27. The summed E-state index contributed by atoms with van der Waals surface area (Å²) < 4.78 is 37.4. The molecule has 0 spiro atoms. The second-order valence-corrected chi connectivity index (χ2v) is 6.57. The van der Waals surface area contributed by atoms with Crippen LogP contribution in [0.2, 0.25) is 5.02 Å². The summed E-state index contributed by atoms with van der Waals surface area (Å²) in [5.41, 5.74) is 4.29. The highest BCUT2D eigenvalue weighted by atomic mass is 35.5. The number of nitrogens with two attached hydrogens (primary N) is 1. The summed E-state index contributed by atoms with van der Waals surface area (Å²) in [4.78, 5) is 21.2. The predicted octanol–water partition coefficient (Wildman–Crippen LogP) is 1.07. The van der Waals surface area contributed by atoms with Crippen molar-refractivity contribution in [2.45, 2.75) is 11.8 Å². The quantitative estimate of drug-likeness (QED) is 0.841. The van der Waals surface area contributed by atoms with Gasteiger partial charge in [-0.3, -0.25) is 4.79 Å². The molecule has 0 saturated heterocycles. The van der Waals surface area contributed by atoms with E-state index < -0.39 is 54.7 Å². The van der Waals surface area contributed by atoms with E-state index in [1.54, 1.807) is 0 Å². The minimum atomic E-state index is -4.06. The highest BCUT2D eigenvalue weighted by Crippen LogP contribution is 2.25. The van der Waals surface area contributed by atoms with Crippen LogP contribution in [0.3, 0.4) is 0 Å². The van der Waals surface area contributed by atoms with Crippen molar-refractivity contribution in [2.24, 2.45) is 11.7 Å². The van der Waals surface area contributed by atoms with Gasteiger partial charge < -0.3 is 10.8 Å². The lowest BCUT2D eigenvalue weighted by molar-refractivity contribution is -0.120. The third-order valence-electron chi connectivity index (χ3n) is 2.55. The van der Waals surface area contributed by atoms with Gasteiger partial charge in [-0.05, 0) is 12.1 Å². The van der Waals surface area contributed by atoms with Crippen molar-refractivity contribution in [3.63, 3.8) is 0 Å². The standard InChI is InChI=1S/C11H11ClFNO5S/c1-5(10(14)15)4-20(18,19)6-2-7(11(16)17)9(12)8(13)3-6/h2-3,5H,4H2,1H3,(H2,14,15)(H,16,17). The monoisotopic (exact) mass is 323 g/mol. The molecule has 0 heterocycles. The Hall–Kier alpha value is -1.67. The molecule has 3 N–H and O–H groups in total. The fourth-order valence-corrected chi connectivity index (χ4v) is 3.19. The molecule has 6 nitrogen and oxygen atoms in total. The predicted molar refractivity (Wildman–Crippen MR) is 68.8 cm³/mol. The van der Waals surface area contributed by atoms with Crippen molar-refractivity contribution in [3.05, 3.63) is 28.5 Å². The van der Waals surface area contributed by atoms with E-state index in [1.807, 2.05) is 0 Å². The maximum absolute atomic E-state index is 13.5. The van der Waals surface area contributed by atoms with Crippen LogP contribution in [0, 0.1) is 11.7 Å². The molecule has 0 bridgehead atoms. The Morgan fingerprint density at radius 1 is 1.45 bits per heavy atom. The Bertz CT molecular complexity index is 674. The number of halogens is 2. The number of hydrogen-bond acceptors (Lipinski definition) is 4. The normalized spacial score (nSPS) is 12.9. The molecular formula is C11H11ClFNO5S. The van der Waals surface area contributed by atoms with Crippen molar-refractivity contribution < 1.29 is 27.5 Å². The van der Waals surface area contributed by atoms with Gasteiger partial charge in [0.05, 0.1) is 21.2 Å². The van der Waals surface area contributed by atoms with Crippen molar-refractivity contribution in [1.29, 1.82) is 0 Å². The van der Waals surface area contributed by atoms with Crippen molar-refractivity contribution in [1.82, 2.24) is 0 Å². The molecule has 1 unspecified atom stereocenters. The molecule has 0 saturated carbocycles. The van der Waals surface area contributed by atoms with E-state index in [0.29, 0.717) is 6.07 Å². The average Bonchev–Trinajstić information content (AvgIpc) is 2.31. The molecule has 9 heteroatoms. The van der Waals surface area contributed by atoms with Gasteiger partial charge in [-0.1, -0.05) is 18.5 Å². The highest BCUT2D eigenvalue weighted by Gasteiger charge is 2.25. The van der Waals surface area contributed by atoms with Gasteiger partial charge in [0.1, 0.15) is 5.82 Å². The van der Waals surface area contributed by atoms with E-state index in [-0.39, 0.29) is 0 Å². The average molecular weight is 324 g/mol. The highest BCUT2D eigenvalue weighted by molar-refractivity contribution is 7.91. The summed E-state index contributed by atoms with van der Waals surface area (Å²) in [6, 6.07) is 1.36. The summed E-state index contributed by atoms with van der Waals surface area (Å²) >= 11 is 5.44. The Morgan fingerprint density at radius 2 is 2.00 bits per heavy atom. The zero-order chi connectivity index (χ0) is 15.7. The van der Waals surface area contributed by atoms with Gasteiger partial charge in [0.25, 0.3) is 0 Å². The number of carboxylic acids is 1. The number of carbonyl (C=O) groups is 2. The number of rotatable bonds is 5. The first-order valence-electron chi connectivity index (χ1n) is 5.30. The number of benzene rings is 1. The number of amides is 1. The van der Waals surface area contributed by atoms with E-state index in [0.717, 1.165) is 6.07 Å². The second-order valence-electron chi connectivity index (χ2n) is 4.16. The van der Waals surface area contributed by atoms with Crippen molar-refractivity contribution >= 4 is 33.3 Å². The van der Waals surface area contributed by atoms with Gasteiger partial charge in [-0.25, -0.2) is 17.6 Å². The number of hydrogen-bond donors (Lipinski definition) is 2. The van der Waals surface area contributed by atoms with Crippen LogP contribution >= 0.6 is 11.6 Å². The Labute approximate surface area is 119 Å². The number of sulfone groups is 1. The zero-order valence-electron chi connectivity index (χ0n) is 10.3. The van der Waals surface area contributed by atoms with Gasteiger partial charge in [0.15, 0.2) is 9.84 Å². The maximum Gasteiger partial charge on any atom is 0.337 e. The third-order valence-corrected chi connectivity index (χ3v) is 4.82. The van der Waals surface area contributed by atoms with Crippen molar-refractivity contribution in [3.8, 4) is 0 Å². The minimum absolute atomic E-state index is 0.565. The molecular weight excluding hydrogens is 313 g/mol. The fourth-order valence-electron chi connectivity index (χ4n) is 1.41. The summed E-state index contributed by atoms with van der Waals surface area (Å²) in [6.45, 7) is 1.30. The molecule has 0 fully saturated rings. The first kappa shape index (κ1) is 16.4. The van der Waals surface area contributed by atoms with E-state index >= 15 is 0 Å². The Kier molecular flexibility index (Phi) is 4.72. The van der Waals surface area contributed by atoms with E-state index in [9.17, 15) is 22.4 Å².